The summed E-state index contributed by atoms with van der Waals surface area (Å²) in [5, 5.41) is 2.13. The number of carbonyl (C=O) groups is 1. The molecular formula is C26H26F5N3OS. The van der Waals surface area contributed by atoms with Crippen molar-refractivity contribution in [2.24, 2.45) is 11.3 Å². The molecular weight excluding hydrogens is 497 g/mol. The molecule has 10 heteroatoms. The summed E-state index contributed by atoms with van der Waals surface area (Å²) in [6.45, 7) is 2.25. The van der Waals surface area contributed by atoms with E-state index in [9.17, 15) is 26.7 Å². The van der Waals surface area contributed by atoms with Gasteiger partial charge in [-0.2, -0.15) is 0 Å². The highest BCUT2D eigenvalue weighted by atomic mass is 32.1. The number of carbonyl (C=O) groups excluding carboxylic acids is 1. The van der Waals surface area contributed by atoms with Crippen molar-refractivity contribution >= 4 is 28.9 Å². The van der Waals surface area contributed by atoms with Crippen LogP contribution < -0.4 is 5.32 Å². The molecule has 2 fully saturated rings. The number of nitrogens with one attached hydrogen (secondary N) is 1. The van der Waals surface area contributed by atoms with Crippen LogP contribution in [0.5, 0.6) is 0 Å². The second kappa shape index (κ2) is 9.61. The van der Waals surface area contributed by atoms with Crippen LogP contribution in [0.15, 0.2) is 24.3 Å². The van der Waals surface area contributed by atoms with Crippen LogP contribution in [0.3, 0.4) is 0 Å². The van der Waals surface area contributed by atoms with Crippen molar-refractivity contribution in [3.8, 4) is 0 Å². The summed E-state index contributed by atoms with van der Waals surface area (Å²) < 4.78 is 68.4. The average Bonchev–Trinajstić information content (AvgIpc) is 3.48. The minimum atomic E-state index is -2.21. The molecule has 36 heavy (non-hydrogen) atoms. The van der Waals surface area contributed by atoms with Gasteiger partial charge in [-0.1, -0.05) is 24.3 Å². The first kappa shape index (κ1) is 24.9. The standard InChI is InChI=1S/C26H26F5N3OS/c27-19-20(28)22(30)24(23(31)21(19)29)32-25(36)34-10-7-26(14-34)5-8-33(9-6-26)18(35)13-15-11-16-3-1-2-4-17(16)12-15/h1-4,15H,5-14H2,(H,32,36). The van der Waals surface area contributed by atoms with Gasteiger partial charge in [0.05, 0.1) is 0 Å². The van der Waals surface area contributed by atoms with Crippen molar-refractivity contribution in [3.05, 3.63) is 64.5 Å². The fraction of sp³-hybridized carbons (Fsp3) is 0.462. The van der Waals surface area contributed by atoms with E-state index in [1.165, 1.54) is 11.1 Å². The van der Waals surface area contributed by atoms with Gasteiger partial charge >= 0.3 is 0 Å². The molecule has 2 aromatic carbocycles. The number of halogens is 5. The fourth-order valence-electron chi connectivity index (χ4n) is 5.82. The first-order chi connectivity index (χ1) is 17.2. The highest BCUT2D eigenvalue weighted by molar-refractivity contribution is 7.80. The van der Waals surface area contributed by atoms with Crippen LogP contribution >= 0.6 is 12.2 Å². The van der Waals surface area contributed by atoms with Crippen molar-refractivity contribution in [1.29, 1.82) is 0 Å². The van der Waals surface area contributed by atoms with Crippen LogP contribution in [-0.2, 0) is 17.6 Å². The van der Waals surface area contributed by atoms with Gasteiger partial charge in [-0.3, -0.25) is 4.79 Å². The number of nitrogens with zero attached hydrogens (tertiary/aromatic N) is 2. The predicted molar refractivity (Wildman–Crippen MR) is 129 cm³/mol. The predicted octanol–water partition coefficient (Wildman–Crippen LogP) is 5.20. The molecule has 4 nitrogen and oxygen atoms in total. The van der Waals surface area contributed by atoms with Crippen LogP contribution in [0.1, 0.15) is 36.8 Å². The number of thiocarbonyl (C=S) groups is 1. The Balaban J connectivity index is 1.15. The molecule has 1 aliphatic carbocycles. The molecule has 2 aliphatic heterocycles. The lowest BCUT2D eigenvalue weighted by Gasteiger charge is -2.39. The van der Waals surface area contributed by atoms with Crippen LogP contribution in [0.4, 0.5) is 27.6 Å². The lowest BCUT2D eigenvalue weighted by atomic mass is 9.77. The van der Waals surface area contributed by atoms with E-state index in [1.54, 1.807) is 4.90 Å². The first-order valence-corrected chi connectivity index (χ1v) is 12.5. The van der Waals surface area contributed by atoms with E-state index in [2.05, 4.69) is 17.4 Å². The fourth-order valence-corrected chi connectivity index (χ4v) is 6.08. The first-order valence-electron chi connectivity index (χ1n) is 12.1. The molecule has 2 aromatic rings. The molecule has 0 bridgehead atoms. The van der Waals surface area contributed by atoms with Gasteiger partial charge in [0, 0.05) is 32.6 Å². The second-order valence-electron chi connectivity index (χ2n) is 10.2. The Bertz CT molecular complexity index is 1160. The third kappa shape index (κ3) is 4.55. The van der Waals surface area contributed by atoms with Crippen molar-refractivity contribution < 1.29 is 26.7 Å². The lowest BCUT2D eigenvalue weighted by molar-refractivity contribution is -0.134. The lowest BCUT2D eigenvalue weighted by Crippen LogP contribution is -2.45. The van der Waals surface area contributed by atoms with Crippen molar-refractivity contribution in [3.63, 3.8) is 0 Å². The Morgan fingerprint density at radius 1 is 0.861 bits per heavy atom. The normalized spacial score (nSPS) is 19.1. The zero-order valence-electron chi connectivity index (χ0n) is 19.6. The average molecular weight is 524 g/mol. The van der Waals surface area contributed by atoms with Crippen LogP contribution in [-0.4, -0.2) is 47.0 Å². The zero-order valence-corrected chi connectivity index (χ0v) is 20.4. The van der Waals surface area contributed by atoms with Crippen molar-refractivity contribution in [2.45, 2.75) is 38.5 Å². The number of hydrogen-bond donors (Lipinski definition) is 1. The van der Waals surface area contributed by atoms with Gasteiger partial charge < -0.3 is 15.1 Å². The monoisotopic (exact) mass is 523 g/mol. The van der Waals surface area contributed by atoms with Gasteiger partial charge in [-0.25, -0.2) is 22.0 Å². The van der Waals surface area contributed by atoms with Crippen LogP contribution in [0.25, 0.3) is 0 Å². The molecule has 2 saturated heterocycles. The van der Waals surface area contributed by atoms with E-state index >= 15 is 0 Å². The quantitative estimate of drug-likeness (QED) is 0.260. The minimum absolute atomic E-state index is 0.0885. The van der Waals surface area contributed by atoms with E-state index in [0.29, 0.717) is 38.5 Å². The molecule has 0 unspecified atom stereocenters. The summed E-state index contributed by atoms with van der Waals surface area (Å²) in [5.41, 5.74) is 1.40. The third-order valence-corrected chi connectivity index (χ3v) is 8.30. The van der Waals surface area contributed by atoms with E-state index in [-0.39, 0.29) is 16.4 Å². The Labute approximate surface area is 211 Å². The minimum Gasteiger partial charge on any atom is -0.348 e. The molecule has 0 radical (unpaired) electrons. The molecule has 192 valence electrons. The molecule has 1 spiro atoms. The van der Waals surface area contributed by atoms with E-state index in [1.807, 2.05) is 17.0 Å². The number of hydrogen-bond acceptors (Lipinski definition) is 2. The third-order valence-electron chi connectivity index (χ3n) is 7.94. The molecule has 2 heterocycles. The van der Waals surface area contributed by atoms with Gasteiger partial charge in [0.1, 0.15) is 5.69 Å². The van der Waals surface area contributed by atoms with E-state index in [0.717, 1.165) is 32.1 Å². The summed E-state index contributed by atoms with van der Waals surface area (Å²) >= 11 is 5.24. The van der Waals surface area contributed by atoms with Gasteiger partial charge in [-0.15, -0.1) is 0 Å². The number of piperidine rings is 1. The summed E-state index contributed by atoms with van der Waals surface area (Å²) in [6, 6.07) is 8.31. The number of amides is 1. The molecule has 0 aromatic heterocycles. The molecule has 1 N–H and O–H groups in total. The largest absolute Gasteiger partial charge is 0.348 e. The van der Waals surface area contributed by atoms with Gasteiger partial charge in [0.15, 0.2) is 28.4 Å². The SMILES string of the molecule is O=C(CC1Cc2ccccc2C1)N1CCC2(CC1)CCN(C(=S)Nc1c(F)c(F)c(F)c(F)c1F)C2. The maximum Gasteiger partial charge on any atom is 0.222 e. The topological polar surface area (TPSA) is 35.6 Å². The number of fused-ring (bicyclic) bond motifs is 1. The molecule has 0 atom stereocenters. The zero-order chi connectivity index (χ0) is 25.6. The number of anilines is 1. The van der Waals surface area contributed by atoms with E-state index in [4.69, 9.17) is 12.2 Å². The Hall–Kier alpha value is -2.75. The summed E-state index contributed by atoms with van der Waals surface area (Å²) in [4.78, 5) is 16.6. The highest BCUT2D eigenvalue weighted by Crippen LogP contribution is 2.41. The molecule has 0 saturated carbocycles. The Morgan fingerprint density at radius 2 is 1.36 bits per heavy atom. The Kier molecular flexibility index (Phi) is 6.65. The maximum atomic E-state index is 14.0. The van der Waals surface area contributed by atoms with Gasteiger partial charge in [0.25, 0.3) is 0 Å². The van der Waals surface area contributed by atoms with Crippen LogP contribution in [0.2, 0.25) is 0 Å². The second-order valence-corrected chi connectivity index (χ2v) is 10.6. The molecule has 5 rings (SSSR count). The van der Waals surface area contributed by atoms with Crippen molar-refractivity contribution in [1.82, 2.24) is 9.80 Å². The maximum absolute atomic E-state index is 14.0. The van der Waals surface area contributed by atoms with Gasteiger partial charge in [0.2, 0.25) is 11.7 Å². The number of benzene rings is 2. The van der Waals surface area contributed by atoms with E-state index < -0.39 is 34.8 Å². The summed E-state index contributed by atoms with van der Waals surface area (Å²) in [7, 11) is 0. The number of rotatable bonds is 3. The van der Waals surface area contributed by atoms with Crippen molar-refractivity contribution in [2.75, 3.05) is 31.5 Å². The smallest absolute Gasteiger partial charge is 0.222 e. The van der Waals surface area contributed by atoms with Crippen LogP contribution in [0, 0.1) is 40.4 Å². The Morgan fingerprint density at radius 3 is 1.92 bits per heavy atom. The highest BCUT2D eigenvalue weighted by Gasteiger charge is 2.42. The number of likely N-dealkylation sites (tertiary alicyclic amines) is 2. The summed E-state index contributed by atoms with van der Waals surface area (Å²) in [6.07, 6.45) is 4.70. The van der Waals surface area contributed by atoms with Gasteiger partial charge in [-0.05, 0) is 66.8 Å². The molecule has 1 amide bonds. The summed E-state index contributed by atoms with van der Waals surface area (Å²) in [5.74, 6) is -9.63. The molecule has 3 aliphatic rings.